The number of carbonyl (C=O) groups excluding carboxylic acids is 1. The molecule has 0 radical (unpaired) electrons. The number of hydrogen-bond acceptors (Lipinski definition) is 8. The number of amides is 1. The zero-order valence-corrected chi connectivity index (χ0v) is 19.6. The lowest BCUT2D eigenvalue weighted by Gasteiger charge is -2.13. The van der Waals surface area contributed by atoms with Crippen LogP contribution in [0.4, 0.5) is 0 Å². The lowest BCUT2D eigenvalue weighted by molar-refractivity contribution is -0.121. The molecule has 0 unspecified atom stereocenters. The second kappa shape index (κ2) is 11.7. The Kier molecular flexibility index (Phi) is 8.44. The van der Waals surface area contributed by atoms with Crippen molar-refractivity contribution < 1.29 is 23.7 Å². The largest absolute Gasteiger partial charge is 0.497 e. The van der Waals surface area contributed by atoms with Gasteiger partial charge in [-0.15, -0.1) is 10.2 Å². The van der Waals surface area contributed by atoms with E-state index >= 15 is 0 Å². The number of ether oxygens (including phenoxy) is 4. The van der Waals surface area contributed by atoms with Crippen molar-refractivity contribution in [1.82, 2.24) is 20.5 Å². The van der Waals surface area contributed by atoms with Gasteiger partial charge >= 0.3 is 0 Å². The second-order valence-electron chi connectivity index (χ2n) is 7.31. The van der Waals surface area contributed by atoms with Gasteiger partial charge in [0, 0.05) is 24.9 Å². The third-order valence-corrected chi connectivity index (χ3v) is 5.19. The smallest absolute Gasteiger partial charge is 0.273 e. The van der Waals surface area contributed by atoms with Crippen LogP contribution in [0.15, 0.2) is 41.2 Å². The summed E-state index contributed by atoms with van der Waals surface area (Å²) in [5.74, 6) is 2.15. The summed E-state index contributed by atoms with van der Waals surface area (Å²) < 4.78 is 21.1. The van der Waals surface area contributed by atoms with E-state index in [4.69, 9.17) is 18.9 Å². The van der Waals surface area contributed by atoms with Gasteiger partial charge < -0.3 is 29.2 Å². The van der Waals surface area contributed by atoms with Gasteiger partial charge in [-0.05, 0) is 36.2 Å². The number of nitrogens with zero attached hydrogens (tertiary/aromatic N) is 2. The van der Waals surface area contributed by atoms with Crippen molar-refractivity contribution in [3.63, 3.8) is 0 Å². The molecule has 0 saturated carbocycles. The molecule has 1 heterocycles. The van der Waals surface area contributed by atoms with Crippen molar-refractivity contribution >= 4 is 5.91 Å². The van der Waals surface area contributed by atoms with E-state index in [0.717, 1.165) is 11.3 Å². The minimum atomic E-state index is -0.412. The first kappa shape index (κ1) is 24.6. The van der Waals surface area contributed by atoms with Crippen LogP contribution in [0, 0.1) is 0 Å². The van der Waals surface area contributed by atoms with Gasteiger partial charge in [0.15, 0.2) is 17.3 Å². The normalized spacial score (nSPS) is 10.5. The average molecular weight is 469 g/mol. The minimum Gasteiger partial charge on any atom is -0.497 e. The zero-order chi connectivity index (χ0) is 24.5. The maximum Gasteiger partial charge on any atom is 0.273 e. The molecule has 0 aliphatic heterocycles. The number of benzene rings is 2. The van der Waals surface area contributed by atoms with E-state index in [9.17, 15) is 9.59 Å². The highest BCUT2D eigenvalue weighted by atomic mass is 16.5. The molecule has 0 bridgehead atoms. The Morgan fingerprint density at radius 3 is 2.15 bits per heavy atom. The monoisotopic (exact) mass is 468 g/mol. The molecule has 0 fully saturated rings. The molecular weight excluding hydrogens is 440 g/mol. The highest BCUT2D eigenvalue weighted by molar-refractivity contribution is 5.76. The molecule has 0 spiro atoms. The van der Waals surface area contributed by atoms with E-state index < -0.39 is 5.56 Å². The number of H-pyrrole nitrogens is 1. The molecule has 1 aromatic heterocycles. The van der Waals surface area contributed by atoms with E-state index in [1.54, 1.807) is 19.2 Å². The van der Waals surface area contributed by atoms with Crippen LogP contribution < -0.4 is 29.8 Å². The SMILES string of the molecule is COc1ccc(CCNC(=O)CCc2nnc(-c3cc(OC)c(OC)c(OC)c3)[nH]c2=O)cc1. The Hall–Kier alpha value is -4.08. The number of hydrogen-bond donors (Lipinski definition) is 2. The quantitative estimate of drug-likeness (QED) is 0.439. The summed E-state index contributed by atoms with van der Waals surface area (Å²) in [5, 5.41) is 11.0. The molecule has 10 nitrogen and oxygen atoms in total. The highest BCUT2D eigenvalue weighted by Gasteiger charge is 2.16. The first-order valence-electron chi connectivity index (χ1n) is 10.6. The van der Waals surface area contributed by atoms with E-state index in [0.29, 0.717) is 35.8 Å². The highest BCUT2D eigenvalue weighted by Crippen LogP contribution is 2.40. The molecule has 0 aliphatic rings. The van der Waals surface area contributed by atoms with Crippen molar-refractivity contribution in [2.24, 2.45) is 0 Å². The molecule has 34 heavy (non-hydrogen) atoms. The third-order valence-electron chi connectivity index (χ3n) is 5.19. The van der Waals surface area contributed by atoms with Crippen LogP contribution in [-0.4, -0.2) is 56.1 Å². The summed E-state index contributed by atoms with van der Waals surface area (Å²) in [5.41, 5.74) is 1.40. The fourth-order valence-electron chi connectivity index (χ4n) is 3.33. The van der Waals surface area contributed by atoms with E-state index in [2.05, 4.69) is 20.5 Å². The summed E-state index contributed by atoms with van der Waals surface area (Å²) >= 11 is 0. The molecule has 10 heteroatoms. The summed E-state index contributed by atoms with van der Waals surface area (Å²) in [4.78, 5) is 27.4. The average Bonchev–Trinajstić information content (AvgIpc) is 2.87. The van der Waals surface area contributed by atoms with Gasteiger partial charge in [-0.1, -0.05) is 12.1 Å². The number of aromatic amines is 1. The maximum atomic E-state index is 12.5. The Morgan fingerprint density at radius 1 is 0.912 bits per heavy atom. The van der Waals surface area contributed by atoms with Crippen LogP contribution in [0.1, 0.15) is 17.7 Å². The number of nitrogens with one attached hydrogen (secondary N) is 2. The van der Waals surface area contributed by atoms with Gasteiger partial charge in [0.1, 0.15) is 11.4 Å². The molecule has 2 aromatic carbocycles. The molecule has 0 aliphatic carbocycles. The Labute approximate surface area is 197 Å². The first-order chi connectivity index (χ1) is 16.5. The predicted octanol–water partition coefficient (Wildman–Crippen LogP) is 2.16. The zero-order valence-electron chi connectivity index (χ0n) is 19.6. The van der Waals surface area contributed by atoms with E-state index in [-0.39, 0.29) is 30.3 Å². The Morgan fingerprint density at radius 2 is 1.59 bits per heavy atom. The number of rotatable bonds is 11. The van der Waals surface area contributed by atoms with Crippen molar-refractivity contribution in [2.45, 2.75) is 19.3 Å². The summed E-state index contributed by atoms with van der Waals surface area (Å²) in [6.07, 6.45) is 0.996. The lowest BCUT2D eigenvalue weighted by atomic mass is 10.1. The van der Waals surface area contributed by atoms with Crippen molar-refractivity contribution in [2.75, 3.05) is 35.0 Å². The van der Waals surface area contributed by atoms with Crippen LogP contribution in [-0.2, 0) is 17.6 Å². The van der Waals surface area contributed by atoms with Gasteiger partial charge in [-0.25, -0.2) is 0 Å². The molecule has 0 saturated heterocycles. The second-order valence-corrected chi connectivity index (χ2v) is 7.31. The first-order valence-corrected chi connectivity index (χ1v) is 10.6. The molecule has 3 rings (SSSR count). The maximum absolute atomic E-state index is 12.5. The van der Waals surface area contributed by atoms with Gasteiger partial charge in [0.05, 0.1) is 28.4 Å². The van der Waals surface area contributed by atoms with Gasteiger partial charge in [0.25, 0.3) is 5.56 Å². The summed E-state index contributed by atoms with van der Waals surface area (Å²) in [6.45, 7) is 0.493. The fourth-order valence-corrected chi connectivity index (χ4v) is 3.33. The van der Waals surface area contributed by atoms with Crippen LogP contribution >= 0.6 is 0 Å². The van der Waals surface area contributed by atoms with E-state index in [1.165, 1.54) is 21.3 Å². The van der Waals surface area contributed by atoms with Gasteiger partial charge in [-0.3, -0.25) is 9.59 Å². The molecule has 1 amide bonds. The van der Waals surface area contributed by atoms with Crippen molar-refractivity contribution in [1.29, 1.82) is 0 Å². The minimum absolute atomic E-state index is 0.129. The lowest BCUT2D eigenvalue weighted by Crippen LogP contribution is -2.27. The Bertz CT molecular complexity index is 1150. The topological polar surface area (TPSA) is 125 Å². The third kappa shape index (κ3) is 6.03. The molecular formula is C24H28N4O6. The fraction of sp³-hybridized carbons (Fsp3) is 0.333. The van der Waals surface area contributed by atoms with E-state index in [1.807, 2.05) is 24.3 Å². The van der Waals surface area contributed by atoms with Gasteiger partial charge in [0.2, 0.25) is 11.7 Å². The van der Waals surface area contributed by atoms with Crippen molar-refractivity contribution in [3.05, 3.63) is 58.0 Å². The molecule has 2 N–H and O–H groups in total. The number of aromatic nitrogens is 3. The number of aryl methyl sites for hydroxylation is 1. The molecule has 0 atom stereocenters. The summed E-state index contributed by atoms with van der Waals surface area (Å²) in [7, 11) is 6.12. The van der Waals surface area contributed by atoms with Crippen LogP contribution in [0.3, 0.4) is 0 Å². The molecule has 180 valence electrons. The molecule has 3 aromatic rings. The Balaban J connectivity index is 1.59. The van der Waals surface area contributed by atoms with Crippen molar-refractivity contribution in [3.8, 4) is 34.4 Å². The van der Waals surface area contributed by atoms with Crippen LogP contribution in [0.2, 0.25) is 0 Å². The number of carbonyl (C=O) groups is 1. The predicted molar refractivity (Wildman–Crippen MR) is 126 cm³/mol. The summed E-state index contributed by atoms with van der Waals surface area (Å²) in [6, 6.07) is 11.0. The van der Waals surface area contributed by atoms with Gasteiger partial charge in [-0.2, -0.15) is 0 Å². The van der Waals surface area contributed by atoms with Crippen LogP contribution in [0.25, 0.3) is 11.4 Å². The standard InChI is InChI=1S/C24H28N4O6/c1-31-17-7-5-15(6-8-17)11-12-25-21(29)10-9-18-24(30)26-23(28-27-18)16-13-19(32-2)22(34-4)20(14-16)33-3/h5-8,13-14H,9-12H2,1-4H3,(H,25,29)(H,26,28,30). The number of methoxy groups -OCH3 is 4. The van der Waals surface area contributed by atoms with Crippen LogP contribution in [0.5, 0.6) is 23.0 Å².